The van der Waals surface area contributed by atoms with E-state index in [9.17, 15) is 0 Å². The smallest absolute Gasteiger partial charge is 0.316 e. The highest BCUT2D eigenvalue weighted by atomic mass is 16.5. The summed E-state index contributed by atoms with van der Waals surface area (Å²) in [5.41, 5.74) is 3.04. The molecule has 132 valence electrons. The Morgan fingerprint density at radius 2 is 2.04 bits per heavy atom. The van der Waals surface area contributed by atoms with Crippen molar-refractivity contribution >= 4 is 6.01 Å². The van der Waals surface area contributed by atoms with Crippen LogP contribution < -0.4 is 10.1 Å². The van der Waals surface area contributed by atoms with E-state index in [1.54, 1.807) is 0 Å². The standard InChI is InChI=1S/C18H23N5O2/c1-4-10-24-16-9-7-6-8-15(16)17-21-22-18(25-17)19-11-14-12-20-23(5-2)13(14)3/h6-9,12H,4-5,10-11H2,1-3H3,(H,19,22). The normalized spacial score (nSPS) is 10.8. The number of rotatable bonds is 8. The number of nitrogens with one attached hydrogen (secondary N) is 1. The molecule has 0 spiro atoms. The largest absolute Gasteiger partial charge is 0.493 e. The van der Waals surface area contributed by atoms with Crippen molar-refractivity contribution in [3.05, 3.63) is 41.7 Å². The number of ether oxygens (including phenoxy) is 1. The van der Waals surface area contributed by atoms with Crippen LogP contribution in [0.3, 0.4) is 0 Å². The second kappa shape index (κ2) is 7.83. The lowest BCUT2D eigenvalue weighted by Crippen LogP contribution is -2.03. The minimum Gasteiger partial charge on any atom is -0.493 e. The average Bonchev–Trinajstić information content (AvgIpc) is 3.25. The molecule has 0 saturated heterocycles. The van der Waals surface area contributed by atoms with Crippen LogP contribution in [0.2, 0.25) is 0 Å². The van der Waals surface area contributed by atoms with Crippen molar-refractivity contribution in [1.29, 1.82) is 0 Å². The molecule has 0 aliphatic rings. The zero-order valence-corrected chi connectivity index (χ0v) is 14.8. The summed E-state index contributed by atoms with van der Waals surface area (Å²) in [6.07, 6.45) is 2.80. The van der Waals surface area contributed by atoms with Gasteiger partial charge in [-0.05, 0) is 32.4 Å². The van der Waals surface area contributed by atoms with Gasteiger partial charge in [-0.1, -0.05) is 24.2 Å². The molecule has 0 unspecified atom stereocenters. The number of anilines is 1. The lowest BCUT2D eigenvalue weighted by atomic mass is 10.2. The number of aromatic nitrogens is 4. The summed E-state index contributed by atoms with van der Waals surface area (Å²) < 4.78 is 13.5. The fourth-order valence-electron chi connectivity index (χ4n) is 2.53. The predicted octanol–water partition coefficient (Wildman–Crippen LogP) is 3.66. The molecule has 7 heteroatoms. The molecule has 1 N–H and O–H groups in total. The van der Waals surface area contributed by atoms with Crippen molar-refractivity contribution in [2.45, 2.75) is 40.3 Å². The topological polar surface area (TPSA) is 78.0 Å². The first kappa shape index (κ1) is 17.0. The number of hydrogen-bond donors (Lipinski definition) is 1. The summed E-state index contributed by atoms with van der Waals surface area (Å²) in [5, 5.41) is 15.7. The van der Waals surface area contributed by atoms with Crippen LogP contribution in [0.1, 0.15) is 31.5 Å². The van der Waals surface area contributed by atoms with Gasteiger partial charge in [0, 0.05) is 24.3 Å². The van der Waals surface area contributed by atoms with Gasteiger partial charge in [-0.25, -0.2) is 0 Å². The number of benzene rings is 1. The monoisotopic (exact) mass is 341 g/mol. The minimum atomic E-state index is 0.379. The van der Waals surface area contributed by atoms with Gasteiger partial charge < -0.3 is 14.5 Å². The highest BCUT2D eigenvalue weighted by Crippen LogP contribution is 2.29. The van der Waals surface area contributed by atoms with Crippen LogP contribution in [0.4, 0.5) is 6.01 Å². The Morgan fingerprint density at radius 1 is 1.20 bits per heavy atom. The molecule has 0 aliphatic heterocycles. The van der Waals surface area contributed by atoms with Gasteiger partial charge in [0.1, 0.15) is 5.75 Å². The van der Waals surface area contributed by atoms with E-state index < -0.39 is 0 Å². The molecule has 0 radical (unpaired) electrons. The first-order valence-electron chi connectivity index (χ1n) is 8.53. The maximum atomic E-state index is 5.75. The van der Waals surface area contributed by atoms with E-state index in [2.05, 4.69) is 34.5 Å². The van der Waals surface area contributed by atoms with Crippen molar-refractivity contribution in [2.24, 2.45) is 0 Å². The molecule has 3 aromatic rings. The maximum Gasteiger partial charge on any atom is 0.316 e. The van der Waals surface area contributed by atoms with Crippen molar-refractivity contribution < 1.29 is 9.15 Å². The summed E-state index contributed by atoms with van der Waals surface area (Å²) >= 11 is 0. The van der Waals surface area contributed by atoms with Crippen LogP contribution in [0.5, 0.6) is 5.75 Å². The predicted molar refractivity (Wildman–Crippen MR) is 95.5 cm³/mol. The van der Waals surface area contributed by atoms with Gasteiger partial charge in [0.2, 0.25) is 0 Å². The number of para-hydroxylation sites is 1. The Kier molecular flexibility index (Phi) is 5.33. The first-order chi connectivity index (χ1) is 12.2. The number of aryl methyl sites for hydroxylation is 1. The molecule has 0 aliphatic carbocycles. The highest BCUT2D eigenvalue weighted by molar-refractivity contribution is 5.62. The van der Waals surface area contributed by atoms with Gasteiger partial charge in [0.25, 0.3) is 5.89 Å². The van der Waals surface area contributed by atoms with Crippen molar-refractivity contribution in [1.82, 2.24) is 20.0 Å². The summed E-state index contributed by atoms with van der Waals surface area (Å²) in [5.74, 6) is 1.19. The second-order valence-corrected chi connectivity index (χ2v) is 5.68. The molecule has 25 heavy (non-hydrogen) atoms. The van der Waals surface area contributed by atoms with Crippen molar-refractivity contribution in [3.63, 3.8) is 0 Å². The van der Waals surface area contributed by atoms with E-state index in [0.29, 0.717) is 25.1 Å². The number of nitrogens with zero attached hydrogens (tertiary/aromatic N) is 4. The molecule has 2 aromatic heterocycles. The van der Waals surface area contributed by atoms with E-state index in [-0.39, 0.29) is 0 Å². The van der Waals surface area contributed by atoms with E-state index in [4.69, 9.17) is 9.15 Å². The van der Waals surface area contributed by atoms with E-state index >= 15 is 0 Å². The Morgan fingerprint density at radius 3 is 2.80 bits per heavy atom. The molecule has 0 fully saturated rings. The fourth-order valence-corrected chi connectivity index (χ4v) is 2.53. The summed E-state index contributed by atoms with van der Waals surface area (Å²) in [6, 6.07) is 8.05. The molecule has 0 amide bonds. The van der Waals surface area contributed by atoms with Crippen LogP contribution in [-0.4, -0.2) is 26.6 Å². The lowest BCUT2D eigenvalue weighted by Gasteiger charge is -2.07. The maximum absolute atomic E-state index is 5.75. The minimum absolute atomic E-state index is 0.379. The molecule has 0 saturated carbocycles. The molecule has 0 atom stereocenters. The Bertz CT molecular complexity index is 824. The Balaban J connectivity index is 1.71. The Labute approximate surface area is 147 Å². The van der Waals surface area contributed by atoms with Crippen LogP contribution in [0.25, 0.3) is 11.5 Å². The number of hydrogen-bond acceptors (Lipinski definition) is 6. The summed E-state index contributed by atoms with van der Waals surface area (Å²) in [7, 11) is 0. The third-order valence-corrected chi connectivity index (χ3v) is 3.94. The fraction of sp³-hybridized carbons (Fsp3) is 0.389. The van der Waals surface area contributed by atoms with Crippen molar-refractivity contribution in [3.8, 4) is 17.2 Å². The van der Waals surface area contributed by atoms with Crippen LogP contribution in [-0.2, 0) is 13.1 Å². The van der Waals surface area contributed by atoms with Crippen LogP contribution >= 0.6 is 0 Å². The van der Waals surface area contributed by atoms with E-state index in [0.717, 1.165) is 35.5 Å². The zero-order chi connectivity index (χ0) is 17.6. The molecular formula is C18H23N5O2. The van der Waals surface area contributed by atoms with Gasteiger partial charge >= 0.3 is 6.01 Å². The highest BCUT2D eigenvalue weighted by Gasteiger charge is 2.14. The molecular weight excluding hydrogens is 318 g/mol. The molecule has 2 heterocycles. The van der Waals surface area contributed by atoms with Crippen LogP contribution in [0.15, 0.2) is 34.9 Å². The second-order valence-electron chi connectivity index (χ2n) is 5.68. The third-order valence-electron chi connectivity index (χ3n) is 3.94. The van der Waals surface area contributed by atoms with Gasteiger partial charge in [-0.2, -0.15) is 5.10 Å². The lowest BCUT2D eigenvalue weighted by molar-refractivity contribution is 0.318. The molecule has 7 nitrogen and oxygen atoms in total. The summed E-state index contributed by atoms with van der Waals surface area (Å²) in [4.78, 5) is 0. The van der Waals surface area contributed by atoms with Gasteiger partial charge in [-0.15, -0.1) is 5.10 Å². The van der Waals surface area contributed by atoms with Gasteiger partial charge in [0.15, 0.2) is 0 Å². The Hall–Kier alpha value is -2.83. The van der Waals surface area contributed by atoms with E-state index in [1.807, 2.05) is 42.1 Å². The zero-order valence-electron chi connectivity index (χ0n) is 14.8. The average molecular weight is 341 g/mol. The SMILES string of the molecule is CCCOc1ccccc1-c1nnc(NCc2cnn(CC)c2C)o1. The van der Waals surface area contributed by atoms with Gasteiger partial charge in [0.05, 0.1) is 18.4 Å². The van der Waals surface area contributed by atoms with Crippen molar-refractivity contribution in [2.75, 3.05) is 11.9 Å². The first-order valence-corrected chi connectivity index (χ1v) is 8.53. The molecule has 3 rings (SSSR count). The molecule has 0 bridgehead atoms. The van der Waals surface area contributed by atoms with E-state index in [1.165, 1.54) is 0 Å². The quantitative estimate of drug-likeness (QED) is 0.673. The van der Waals surface area contributed by atoms with Gasteiger partial charge in [-0.3, -0.25) is 4.68 Å². The summed E-state index contributed by atoms with van der Waals surface area (Å²) in [6.45, 7) is 8.27. The van der Waals surface area contributed by atoms with Crippen LogP contribution in [0, 0.1) is 6.92 Å². The third kappa shape index (κ3) is 3.81. The molecule has 1 aromatic carbocycles.